The molecule has 0 atom stereocenters. The first-order valence-corrected chi connectivity index (χ1v) is 10.9. The maximum absolute atomic E-state index is 12.9. The predicted octanol–water partition coefficient (Wildman–Crippen LogP) is 2.16. The highest BCUT2D eigenvalue weighted by Gasteiger charge is 2.33. The number of aryl methyl sites for hydroxylation is 1. The Morgan fingerprint density at radius 3 is 2.83 bits per heavy atom. The number of hydrogen-bond acceptors (Lipinski definition) is 8. The fourth-order valence-corrected chi connectivity index (χ4v) is 3.55. The van der Waals surface area contributed by atoms with E-state index in [9.17, 15) is 22.8 Å². The van der Waals surface area contributed by atoms with Crippen LogP contribution in [0.2, 0.25) is 0 Å². The molecule has 0 spiro atoms. The number of urea groups is 1. The van der Waals surface area contributed by atoms with Gasteiger partial charge in [-0.1, -0.05) is 0 Å². The van der Waals surface area contributed by atoms with Crippen LogP contribution in [0.1, 0.15) is 10.5 Å². The fourth-order valence-electron chi connectivity index (χ4n) is 3.55. The van der Waals surface area contributed by atoms with Gasteiger partial charge in [0.25, 0.3) is 5.91 Å². The maximum Gasteiger partial charge on any atom is 0.405 e. The lowest BCUT2D eigenvalue weighted by molar-refractivity contribution is -0.115. The molecule has 1 aliphatic rings. The highest BCUT2D eigenvalue weighted by atomic mass is 19.4. The molecule has 0 aliphatic carbocycles. The molecule has 3 amide bonds. The maximum atomic E-state index is 12.9. The Morgan fingerprint density at radius 1 is 1.28 bits per heavy atom. The third kappa shape index (κ3) is 5.73. The van der Waals surface area contributed by atoms with Crippen molar-refractivity contribution in [3.8, 4) is 11.5 Å². The Kier molecular flexibility index (Phi) is 7.10. The molecule has 3 aromatic heterocycles. The molecule has 192 valence electrons. The van der Waals surface area contributed by atoms with Crippen molar-refractivity contribution in [3.63, 3.8) is 0 Å². The molecule has 15 heteroatoms. The Bertz CT molecular complexity index is 1240. The Balaban J connectivity index is 1.46. The third-order valence-electron chi connectivity index (χ3n) is 5.25. The summed E-state index contributed by atoms with van der Waals surface area (Å²) >= 11 is 0. The van der Waals surface area contributed by atoms with E-state index in [0.717, 1.165) is 6.26 Å². The largest absolute Gasteiger partial charge is 0.444 e. The highest BCUT2D eigenvalue weighted by molar-refractivity contribution is 6.06. The molecule has 0 radical (unpaired) electrons. The first-order chi connectivity index (χ1) is 17.1. The van der Waals surface area contributed by atoms with Crippen LogP contribution in [-0.4, -0.2) is 82.5 Å². The number of aromatic nitrogens is 4. The van der Waals surface area contributed by atoms with Gasteiger partial charge in [-0.3, -0.25) is 14.4 Å². The van der Waals surface area contributed by atoms with Gasteiger partial charge in [0.2, 0.25) is 5.89 Å². The lowest BCUT2D eigenvalue weighted by atomic mass is 10.2. The first-order valence-electron chi connectivity index (χ1n) is 10.9. The lowest BCUT2D eigenvalue weighted by Gasteiger charge is -2.17. The van der Waals surface area contributed by atoms with Crippen LogP contribution >= 0.6 is 0 Å². The van der Waals surface area contributed by atoms with Crippen LogP contribution in [0.3, 0.4) is 0 Å². The van der Waals surface area contributed by atoms with Gasteiger partial charge >= 0.3 is 12.2 Å². The van der Waals surface area contributed by atoms with Crippen LogP contribution in [0.5, 0.6) is 0 Å². The molecule has 1 fully saturated rings. The predicted molar refractivity (Wildman–Crippen MR) is 124 cm³/mol. The molecular formula is C21H24F3N9O3. The summed E-state index contributed by atoms with van der Waals surface area (Å²) in [6.45, 7) is 0.900. The second-order valence-electron chi connectivity index (χ2n) is 7.96. The Hall–Kier alpha value is -4.14. The summed E-state index contributed by atoms with van der Waals surface area (Å²) in [7, 11) is 3.47. The van der Waals surface area contributed by atoms with Crippen LogP contribution in [0.25, 0.3) is 11.5 Å². The zero-order valence-electron chi connectivity index (χ0n) is 19.5. The molecule has 0 bridgehead atoms. The number of alkyl halides is 3. The van der Waals surface area contributed by atoms with Crippen molar-refractivity contribution in [2.24, 2.45) is 7.05 Å². The van der Waals surface area contributed by atoms with Crippen molar-refractivity contribution in [2.45, 2.75) is 6.18 Å². The fraction of sp³-hybridized carbons (Fsp3) is 0.381. The van der Waals surface area contributed by atoms with Crippen molar-refractivity contribution in [3.05, 3.63) is 36.5 Å². The van der Waals surface area contributed by atoms with E-state index in [2.05, 4.69) is 31.0 Å². The molecule has 0 saturated carbocycles. The van der Waals surface area contributed by atoms with Crippen LogP contribution in [0.15, 0.2) is 35.2 Å². The minimum atomic E-state index is -4.40. The zero-order chi connectivity index (χ0) is 25.9. The topological polar surface area (TPSA) is 133 Å². The number of oxazole rings is 1. The molecular weight excluding hydrogens is 483 g/mol. The summed E-state index contributed by atoms with van der Waals surface area (Å²) in [5.41, 5.74) is 0.586. The van der Waals surface area contributed by atoms with Crippen LogP contribution in [-0.2, 0) is 7.05 Å². The Labute approximate surface area is 203 Å². The Morgan fingerprint density at radius 2 is 2.08 bits per heavy atom. The van der Waals surface area contributed by atoms with Crippen molar-refractivity contribution in [1.82, 2.24) is 30.0 Å². The highest BCUT2D eigenvalue weighted by Crippen LogP contribution is 2.28. The van der Waals surface area contributed by atoms with Crippen molar-refractivity contribution >= 4 is 29.3 Å². The quantitative estimate of drug-likeness (QED) is 0.401. The van der Waals surface area contributed by atoms with E-state index in [1.54, 1.807) is 25.2 Å². The molecule has 0 unspecified atom stereocenters. The standard InChI is InChI=1S/C21H24F3N9O3/c1-25-5-6-32-7-8-33(20(32)35)17-14(10-31(2)30-17)28-18(34)15-11-36-19(29-15)13-3-4-26-16(9-13)27-12-21(22,23)24/h3-4,9-11,25H,5-8,12H2,1-2H3,(H,26,27)(H,28,34). The van der Waals surface area contributed by atoms with Gasteiger partial charge in [0.15, 0.2) is 11.5 Å². The van der Waals surface area contributed by atoms with Gasteiger partial charge in [0, 0.05) is 45.0 Å². The van der Waals surface area contributed by atoms with Crippen LogP contribution in [0.4, 0.5) is 35.3 Å². The lowest BCUT2D eigenvalue weighted by Crippen LogP contribution is -2.36. The zero-order valence-corrected chi connectivity index (χ0v) is 19.5. The average Bonchev–Trinajstić information content (AvgIpc) is 3.55. The average molecular weight is 507 g/mol. The van der Waals surface area contributed by atoms with E-state index in [0.29, 0.717) is 43.2 Å². The summed E-state index contributed by atoms with van der Waals surface area (Å²) in [4.78, 5) is 36.8. The van der Waals surface area contributed by atoms with E-state index < -0.39 is 18.6 Å². The number of halogens is 3. The number of rotatable bonds is 9. The molecule has 1 saturated heterocycles. The molecule has 4 heterocycles. The minimum absolute atomic E-state index is 0.0203. The van der Waals surface area contributed by atoms with E-state index in [4.69, 9.17) is 4.42 Å². The van der Waals surface area contributed by atoms with Gasteiger partial charge in [0.1, 0.15) is 24.3 Å². The second-order valence-corrected chi connectivity index (χ2v) is 7.96. The van der Waals surface area contributed by atoms with Crippen molar-refractivity contribution in [1.29, 1.82) is 0 Å². The van der Waals surface area contributed by atoms with Crippen LogP contribution < -0.4 is 20.9 Å². The molecule has 36 heavy (non-hydrogen) atoms. The number of anilines is 3. The summed E-state index contributed by atoms with van der Waals surface area (Å²) in [5, 5.41) is 12.2. The van der Waals surface area contributed by atoms with Gasteiger partial charge in [-0.05, 0) is 19.2 Å². The molecule has 3 N–H and O–H groups in total. The third-order valence-corrected chi connectivity index (χ3v) is 5.25. The van der Waals surface area contributed by atoms with Gasteiger partial charge in [-0.25, -0.2) is 14.8 Å². The van der Waals surface area contributed by atoms with Gasteiger partial charge in [-0.15, -0.1) is 0 Å². The van der Waals surface area contributed by atoms with Gasteiger partial charge < -0.3 is 25.3 Å². The van der Waals surface area contributed by atoms with Crippen LogP contribution in [0, 0.1) is 0 Å². The summed E-state index contributed by atoms with van der Waals surface area (Å²) in [6.07, 6.45) is -0.405. The van der Waals surface area contributed by atoms with Crippen molar-refractivity contribution < 1.29 is 27.2 Å². The number of likely N-dealkylation sites (N-methyl/N-ethyl adjacent to an activating group) is 1. The van der Waals surface area contributed by atoms with E-state index in [1.165, 1.54) is 27.9 Å². The molecule has 4 rings (SSSR count). The van der Waals surface area contributed by atoms with Crippen molar-refractivity contribution in [2.75, 3.05) is 55.3 Å². The number of pyridine rings is 1. The normalized spacial score (nSPS) is 14.0. The first kappa shape index (κ1) is 25.0. The number of nitrogens with one attached hydrogen (secondary N) is 3. The number of hydrogen-bond donors (Lipinski definition) is 3. The number of carbonyl (C=O) groups excluding carboxylic acids is 2. The van der Waals surface area contributed by atoms with Gasteiger partial charge in [0.05, 0.1) is 6.20 Å². The number of nitrogens with zero attached hydrogens (tertiary/aromatic N) is 6. The van der Waals surface area contributed by atoms with Gasteiger partial charge in [-0.2, -0.15) is 18.3 Å². The SMILES string of the molecule is CNCCN1CCN(c2nn(C)cc2NC(=O)c2coc(-c3ccnc(NCC(F)(F)F)c3)n2)C1=O. The van der Waals surface area contributed by atoms with E-state index in [1.807, 2.05) is 0 Å². The monoisotopic (exact) mass is 507 g/mol. The van der Waals surface area contributed by atoms with E-state index in [-0.39, 0.29) is 23.4 Å². The molecule has 0 aromatic carbocycles. The smallest absolute Gasteiger partial charge is 0.405 e. The summed E-state index contributed by atoms with van der Waals surface area (Å²) in [6, 6.07) is 2.61. The number of carbonyl (C=O) groups is 2. The number of amides is 3. The molecule has 3 aromatic rings. The molecule has 12 nitrogen and oxygen atoms in total. The summed E-state index contributed by atoms with van der Waals surface area (Å²) < 4.78 is 44.2. The molecule has 1 aliphatic heterocycles. The second kappa shape index (κ2) is 10.2. The summed E-state index contributed by atoms with van der Waals surface area (Å²) in [5.74, 6) is -0.296. The van der Waals surface area contributed by atoms with E-state index >= 15 is 0 Å². The minimum Gasteiger partial charge on any atom is -0.444 e.